The van der Waals surface area contributed by atoms with E-state index in [1.807, 2.05) is 23.5 Å². The van der Waals surface area contributed by atoms with Gasteiger partial charge >= 0.3 is 0 Å². The topological polar surface area (TPSA) is 30.7 Å². The van der Waals surface area contributed by atoms with Gasteiger partial charge in [-0.1, -0.05) is 121 Å². The summed E-state index contributed by atoms with van der Waals surface area (Å²) >= 11 is 1.93. The van der Waals surface area contributed by atoms with E-state index in [-0.39, 0.29) is 0 Å². The molecular formula is C41H25N3S. The van der Waals surface area contributed by atoms with Crippen LogP contribution in [-0.4, -0.2) is 14.5 Å². The van der Waals surface area contributed by atoms with Gasteiger partial charge in [0.2, 0.25) is 5.95 Å². The van der Waals surface area contributed by atoms with E-state index in [0.29, 0.717) is 5.95 Å². The smallest absolute Gasteiger partial charge is 0.235 e. The minimum absolute atomic E-state index is 0.677. The molecule has 0 atom stereocenters. The highest BCUT2D eigenvalue weighted by Crippen LogP contribution is 2.49. The molecule has 3 aromatic heterocycles. The van der Waals surface area contributed by atoms with Crippen LogP contribution in [0.25, 0.3) is 81.6 Å². The molecule has 0 aliphatic heterocycles. The summed E-state index contributed by atoms with van der Waals surface area (Å²) in [4.78, 5) is 10.4. The van der Waals surface area contributed by atoms with E-state index in [1.165, 1.54) is 53.2 Å². The predicted octanol–water partition coefficient (Wildman–Crippen LogP) is 10.8. The van der Waals surface area contributed by atoms with Gasteiger partial charge in [-0.25, -0.2) is 9.97 Å². The average molecular weight is 592 g/mol. The standard InChI is InChI=1S/C41H25N3S/c1-3-11-25(12-4-1)33-24-34(26-13-5-2-6-14-26)43-41(42-33)44-35-18-10-9-17-32(35)38-36(44)22-21-31-30-20-19-28-23-27-15-7-8-16-29(27)37(28)39(30)45-40(31)38/h1-22,24H,23H2. The van der Waals surface area contributed by atoms with Gasteiger partial charge in [-0.3, -0.25) is 4.57 Å². The zero-order chi connectivity index (χ0) is 29.5. The molecule has 4 heteroatoms. The first kappa shape index (κ1) is 24.8. The molecule has 0 saturated carbocycles. The van der Waals surface area contributed by atoms with Crippen molar-refractivity contribution >= 4 is 53.3 Å². The highest BCUT2D eigenvalue weighted by molar-refractivity contribution is 7.27. The Bertz CT molecular complexity index is 2560. The fourth-order valence-corrected chi connectivity index (χ4v) is 8.66. The summed E-state index contributed by atoms with van der Waals surface area (Å²) in [5.74, 6) is 0.677. The zero-order valence-corrected chi connectivity index (χ0v) is 25.1. The number of hydrogen-bond donors (Lipinski definition) is 0. The lowest BCUT2D eigenvalue weighted by molar-refractivity contribution is 0.996. The fraction of sp³-hybridized carbons (Fsp3) is 0.0244. The number of thiophene rings is 1. The van der Waals surface area contributed by atoms with E-state index in [2.05, 4.69) is 132 Å². The number of nitrogens with zero attached hydrogens (tertiary/aromatic N) is 3. The van der Waals surface area contributed by atoms with Crippen molar-refractivity contribution in [2.75, 3.05) is 0 Å². The first-order chi connectivity index (χ1) is 22.3. The van der Waals surface area contributed by atoms with Crippen LogP contribution in [0, 0.1) is 0 Å². The Labute approximate surface area is 263 Å². The number of fused-ring (bicyclic) bond motifs is 11. The summed E-state index contributed by atoms with van der Waals surface area (Å²) in [5, 5.41) is 5.12. The minimum Gasteiger partial charge on any atom is -0.278 e. The van der Waals surface area contributed by atoms with Crippen LogP contribution in [-0.2, 0) is 6.42 Å². The van der Waals surface area contributed by atoms with Crippen LogP contribution in [0.2, 0.25) is 0 Å². The predicted molar refractivity (Wildman–Crippen MR) is 188 cm³/mol. The summed E-state index contributed by atoms with van der Waals surface area (Å²) < 4.78 is 4.95. The molecule has 3 nitrogen and oxygen atoms in total. The van der Waals surface area contributed by atoms with Crippen molar-refractivity contribution in [3.63, 3.8) is 0 Å². The lowest BCUT2D eigenvalue weighted by Crippen LogP contribution is -2.03. The van der Waals surface area contributed by atoms with Crippen LogP contribution in [0.1, 0.15) is 11.1 Å². The van der Waals surface area contributed by atoms with Crippen LogP contribution in [0.3, 0.4) is 0 Å². The molecule has 210 valence electrons. The number of hydrogen-bond acceptors (Lipinski definition) is 3. The molecule has 0 N–H and O–H groups in total. The van der Waals surface area contributed by atoms with Gasteiger partial charge in [0.15, 0.2) is 0 Å². The second kappa shape index (κ2) is 9.46. The summed E-state index contributed by atoms with van der Waals surface area (Å²) in [6.07, 6.45) is 1.00. The third kappa shape index (κ3) is 3.63. The molecule has 6 aromatic carbocycles. The van der Waals surface area contributed by atoms with E-state index in [0.717, 1.165) is 40.0 Å². The Morgan fingerprint density at radius 3 is 1.93 bits per heavy atom. The average Bonchev–Trinajstić information content (AvgIpc) is 3.78. The van der Waals surface area contributed by atoms with Crippen molar-refractivity contribution < 1.29 is 0 Å². The van der Waals surface area contributed by atoms with E-state index in [4.69, 9.17) is 9.97 Å². The third-order valence-corrected chi connectivity index (χ3v) is 10.5. The Morgan fingerprint density at radius 2 is 1.16 bits per heavy atom. The molecule has 0 unspecified atom stereocenters. The van der Waals surface area contributed by atoms with Crippen LogP contribution < -0.4 is 0 Å². The molecule has 3 heterocycles. The molecule has 1 aliphatic carbocycles. The molecule has 0 fully saturated rings. The van der Waals surface area contributed by atoms with Crippen LogP contribution in [0.4, 0.5) is 0 Å². The van der Waals surface area contributed by atoms with Crippen LogP contribution >= 0.6 is 11.3 Å². The summed E-state index contributed by atoms with van der Waals surface area (Å²) in [7, 11) is 0. The second-order valence-electron chi connectivity index (χ2n) is 11.8. The first-order valence-corrected chi connectivity index (χ1v) is 16.1. The Hall–Kier alpha value is -5.58. The van der Waals surface area contributed by atoms with Gasteiger partial charge in [0, 0.05) is 47.6 Å². The van der Waals surface area contributed by atoms with Crippen molar-refractivity contribution in [1.82, 2.24) is 14.5 Å². The molecule has 45 heavy (non-hydrogen) atoms. The molecule has 1 aliphatic rings. The normalized spacial score (nSPS) is 12.4. The SMILES string of the molecule is c1ccc(-c2cc(-c3ccccc3)nc(-n3c4ccccc4c4c5sc6c7c(ccc6c5ccc43)Cc3ccccc3-7)n2)cc1. The van der Waals surface area contributed by atoms with E-state index in [9.17, 15) is 0 Å². The highest BCUT2D eigenvalue weighted by atomic mass is 32.1. The molecule has 10 rings (SSSR count). The number of aromatic nitrogens is 3. The van der Waals surface area contributed by atoms with Crippen molar-refractivity contribution in [3.8, 4) is 39.6 Å². The van der Waals surface area contributed by atoms with Gasteiger partial charge in [-0.05, 0) is 41.3 Å². The summed E-state index contributed by atoms with van der Waals surface area (Å²) in [6, 6.07) is 49.7. The Balaban J connectivity index is 1.29. The van der Waals surface area contributed by atoms with E-state index < -0.39 is 0 Å². The lowest BCUT2D eigenvalue weighted by atomic mass is 10.0. The summed E-state index contributed by atoms with van der Waals surface area (Å²) in [5.41, 5.74) is 11.8. The molecule has 0 bridgehead atoms. The van der Waals surface area contributed by atoms with Gasteiger partial charge in [0.1, 0.15) is 0 Å². The van der Waals surface area contributed by atoms with Crippen LogP contribution in [0.15, 0.2) is 140 Å². The fourth-order valence-electron chi connectivity index (χ4n) is 7.22. The number of para-hydroxylation sites is 1. The lowest BCUT2D eigenvalue weighted by Gasteiger charge is -2.11. The van der Waals surface area contributed by atoms with Crippen molar-refractivity contribution in [3.05, 3.63) is 151 Å². The Kier molecular flexibility index (Phi) is 5.22. The Morgan fingerprint density at radius 1 is 0.511 bits per heavy atom. The number of benzene rings is 6. The summed E-state index contributed by atoms with van der Waals surface area (Å²) in [6.45, 7) is 0. The molecule has 0 amide bonds. The number of rotatable bonds is 3. The van der Waals surface area contributed by atoms with Crippen LogP contribution in [0.5, 0.6) is 0 Å². The quantitative estimate of drug-likeness (QED) is 0.205. The van der Waals surface area contributed by atoms with E-state index >= 15 is 0 Å². The minimum atomic E-state index is 0.677. The van der Waals surface area contributed by atoms with Crippen molar-refractivity contribution in [1.29, 1.82) is 0 Å². The van der Waals surface area contributed by atoms with Crippen molar-refractivity contribution in [2.45, 2.75) is 6.42 Å². The van der Waals surface area contributed by atoms with Gasteiger partial charge < -0.3 is 0 Å². The van der Waals surface area contributed by atoms with Gasteiger partial charge in [-0.2, -0.15) is 0 Å². The third-order valence-electron chi connectivity index (χ3n) is 9.25. The first-order valence-electron chi connectivity index (χ1n) is 15.3. The maximum Gasteiger partial charge on any atom is 0.235 e. The largest absolute Gasteiger partial charge is 0.278 e. The second-order valence-corrected chi connectivity index (χ2v) is 12.8. The molecule has 0 spiro atoms. The molecule has 9 aromatic rings. The maximum absolute atomic E-state index is 5.22. The van der Waals surface area contributed by atoms with Crippen molar-refractivity contribution in [2.24, 2.45) is 0 Å². The zero-order valence-electron chi connectivity index (χ0n) is 24.2. The van der Waals surface area contributed by atoms with Gasteiger partial charge in [0.25, 0.3) is 0 Å². The maximum atomic E-state index is 5.22. The monoisotopic (exact) mass is 591 g/mol. The molecule has 0 saturated heterocycles. The van der Waals surface area contributed by atoms with Gasteiger partial charge in [0.05, 0.1) is 22.4 Å². The van der Waals surface area contributed by atoms with E-state index in [1.54, 1.807) is 0 Å². The van der Waals surface area contributed by atoms with Gasteiger partial charge in [-0.15, -0.1) is 11.3 Å². The molecule has 0 radical (unpaired) electrons. The highest BCUT2D eigenvalue weighted by Gasteiger charge is 2.24. The molecular weight excluding hydrogens is 567 g/mol.